The Balaban J connectivity index is 2.05. The molecule has 1 rings (SSSR count). The third-order valence-corrected chi connectivity index (χ3v) is 19.2. The van der Waals surface area contributed by atoms with E-state index < -0.39 is 49.5 Å². The van der Waals surface area contributed by atoms with Gasteiger partial charge >= 0.3 is 0 Å². The summed E-state index contributed by atoms with van der Waals surface area (Å²) in [7, 11) is 0. The summed E-state index contributed by atoms with van der Waals surface area (Å²) >= 11 is 0. The second-order valence-electron chi connectivity index (χ2n) is 27.9. The molecule has 0 bridgehead atoms. The Morgan fingerprint density at radius 2 is 0.640 bits per heavy atom. The summed E-state index contributed by atoms with van der Waals surface area (Å²) in [6.45, 7) is 3.82. The zero-order valence-corrected chi connectivity index (χ0v) is 59.2. The summed E-state index contributed by atoms with van der Waals surface area (Å²) in [5, 5.41) is 54.8. The van der Waals surface area contributed by atoms with Crippen molar-refractivity contribution in [3.63, 3.8) is 0 Å². The minimum Gasteiger partial charge on any atom is -0.394 e. The lowest BCUT2D eigenvalue weighted by molar-refractivity contribution is -0.302. The molecule has 0 aliphatic carbocycles. The summed E-state index contributed by atoms with van der Waals surface area (Å²) < 4.78 is 11.3. The lowest BCUT2D eigenvalue weighted by Gasteiger charge is -2.40. The van der Waals surface area contributed by atoms with Crippen LogP contribution < -0.4 is 5.32 Å². The van der Waals surface area contributed by atoms with Crippen LogP contribution in [0.25, 0.3) is 0 Å². The van der Waals surface area contributed by atoms with Gasteiger partial charge in [0.15, 0.2) is 6.29 Å². The van der Waals surface area contributed by atoms with Crippen molar-refractivity contribution < 1.29 is 39.8 Å². The molecule has 0 spiro atoms. The smallest absolute Gasteiger partial charge is 0.220 e. The number of aliphatic hydroxyl groups is 5. The van der Waals surface area contributed by atoms with Gasteiger partial charge in [-0.1, -0.05) is 397 Å². The first kappa shape index (κ1) is 85.4. The zero-order valence-electron chi connectivity index (χ0n) is 59.2. The Labute approximate surface area is 552 Å². The summed E-state index contributed by atoms with van der Waals surface area (Å²) in [5.74, 6) is -0.182. The van der Waals surface area contributed by atoms with E-state index in [2.05, 4.69) is 43.5 Å². The maximum atomic E-state index is 13.1. The Morgan fingerprint density at radius 1 is 0.371 bits per heavy atom. The van der Waals surface area contributed by atoms with Gasteiger partial charge in [-0.25, -0.2) is 0 Å². The van der Waals surface area contributed by atoms with Gasteiger partial charge in [-0.2, -0.15) is 0 Å². The molecule has 1 fully saturated rings. The minimum absolute atomic E-state index is 0.182. The SMILES string of the molecule is CCCCCCCCCCCCCCCCC/C=C/CC/C=C/CC/C=C/C(O)C(COC1OC(CO)C(O)C(O)C1O)NC(=O)CCCCCCCCCCCCCCCCCCCCCCCCCCCCCCCCCCCCCCCCCCC. The molecule has 9 heteroatoms. The zero-order chi connectivity index (χ0) is 64.2. The molecular weight excluding hydrogens is 1100 g/mol. The van der Waals surface area contributed by atoms with Gasteiger partial charge in [-0.15, -0.1) is 0 Å². The summed E-state index contributed by atoms with van der Waals surface area (Å²) in [4.78, 5) is 13.1. The van der Waals surface area contributed by atoms with Crippen LogP contribution in [0.1, 0.15) is 412 Å². The molecule has 1 amide bonds. The van der Waals surface area contributed by atoms with Crippen molar-refractivity contribution in [2.75, 3.05) is 13.2 Å². The monoisotopic (exact) mass is 1260 g/mol. The van der Waals surface area contributed by atoms with Gasteiger partial charge in [0, 0.05) is 6.42 Å². The lowest BCUT2D eigenvalue weighted by atomic mass is 9.99. The van der Waals surface area contributed by atoms with Crippen LogP contribution in [0, 0.1) is 0 Å². The first-order chi connectivity index (χ1) is 43.8. The minimum atomic E-state index is -1.58. The third-order valence-electron chi connectivity index (χ3n) is 19.2. The van der Waals surface area contributed by atoms with E-state index in [4.69, 9.17) is 9.47 Å². The molecule has 1 saturated heterocycles. The lowest BCUT2D eigenvalue weighted by Crippen LogP contribution is -2.60. The van der Waals surface area contributed by atoms with E-state index in [1.807, 2.05) is 6.08 Å². The van der Waals surface area contributed by atoms with Crippen molar-refractivity contribution >= 4 is 5.91 Å². The van der Waals surface area contributed by atoms with Gasteiger partial charge in [0.05, 0.1) is 25.4 Å². The maximum absolute atomic E-state index is 13.1. The highest BCUT2D eigenvalue weighted by Gasteiger charge is 2.44. The van der Waals surface area contributed by atoms with E-state index in [9.17, 15) is 30.3 Å². The van der Waals surface area contributed by atoms with Crippen LogP contribution >= 0.6 is 0 Å². The quantitative estimate of drug-likeness (QED) is 0.0261. The molecule has 9 nitrogen and oxygen atoms in total. The number of ether oxygens (including phenoxy) is 2. The van der Waals surface area contributed by atoms with E-state index in [0.717, 1.165) is 44.9 Å². The maximum Gasteiger partial charge on any atom is 0.220 e. The second kappa shape index (κ2) is 69.2. The fourth-order valence-corrected chi connectivity index (χ4v) is 13.0. The number of hydrogen-bond acceptors (Lipinski definition) is 8. The van der Waals surface area contributed by atoms with Crippen LogP contribution in [0.3, 0.4) is 0 Å². The molecule has 7 unspecified atom stereocenters. The highest BCUT2D eigenvalue weighted by atomic mass is 16.7. The first-order valence-electron chi connectivity index (χ1n) is 39.7. The van der Waals surface area contributed by atoms with Gasteiger partial charge in [-0.3, -0.25) is 4.79 Å². The van der Waals surface area contributed by atoms with E-state index in [1.54, 1.807) is 6.08 Å². The van der Waals surface area contributed by atoms with Gasteiger partial charge in [0.25, 0.3) is 0 Å². The molecule has 1 aliphatic heterocycles. The van der Waals surface area contributed by atoms with Gasteiger partial charge in [0.2, 0.25) is 5.91 Å². The Morgan fingerprint density at radius 3 is 0.944 bits per heavy atom. The van der Waals surface area contributed by atoms with Gasteiger partial charge in [-0.05, 0) is 44.9 Å². The molecule has 7 atom stereocenters. The molecule has 0 saturated carbocycles. The number of carbonyl (C=O) groups is 1. The van der Waals surface area contributed by atoms with Crippen molar-refractivity contribution in [2.45, 2.75) is 455 Å². The highest BCUT2D eigenvalue weighted by Crippen LogP contribution is 2.24. The fourth-order valence-electron chi connectivity index (χ4n) is 13.0. The Hall–Kier alpha value is -1.59. The number of allylic oxidation sites excluding steroid dienone is 5. The van der Waals surface area contributed by atoms with E-state index in [0.29, 0.717) is 6.42 Å². The normalized spacial score (nSPS) is 17.9. The number of hydrogen-bond donors (Lipinski definition) is 6. The molecule has 89 heavy (non-hydrogen) atoms. The standard InChI is InChI=1S/C80H153NO8/c1-3-5-7-9-11-13-15-17-19-21-23-25-27-29-30-31-32-33-34-35-36-37-38-39-40-41-42-43-44-46-48-50-52-54-56-58-60-62-64-66-68-70-76(84)81-73(72-88-80-79(87)78(86)77(85)75(71-82)89-80)74(83)69-67-65-63-61-59-57-55-53-51-49-47-45-28-26-24-22-20-18-16-14-12-10-8-6-4-2/h51,53,59,61,67,69,73-75,77-80,82-83,85-87H,3-50,52,54-58,60,62-66,68,70-72H2,1-2H3,(H,81,84)/b53-51+,61-59+,69-67+. The second-order valence-corrected chi connectivity index (χ2v) is 27.9. The summed E-state index contributed by atoms with van der Waals surface area (Å²) in [6.07, 6.45) is 87.4. The van der Waals surface area contributed by atoms with Crippen LogP contribution in [0.4, 0.5) is 0 Å². The van der Waals surface area contributed by atoms with Crippen molar-refractivity contribution in [3.8, 4) is 0 Å². The van der Waals surface area contributed by atoms with E-state index >= 15 is 0 Å². The number of unbranched alkanes of at least 4 members (excludes halogenated alkanes) is 57. The van der Waals surface area contributed by atoms with Crippen molar-refractivity contribution in [2.24, 2.45) is 0 Å². The topological polar surface area (TPSA) is 149 Å². The Kier molecular flexibility index (Phi) is 66.5. The molecule has 526 valence electrons. The number of nitrogens with one attached hydrogen (secondary N) is 1. The predicted molar refractivity (Wildman–Crippen MR) is 383 cm³/mol. The van der Waals surface area contributed by atoms with Crippen LogP contribution in [-0.2, 0) is 14.3 Å². The molecule has 1 heterocycles. The molecule has 0 aromatic heterocycles. The van der Waals surface area contributed by atoms with Crippen LogP contribution in [0.2, 0.25) is 0 Å². The summed E-state index contributed by atoms with van der Waals surface area (Å²) in [6, 6.07) is -0.828. The third kappa shape index (κ3) is 57.6. The predicted octanol–water partition coefficient (Wildman–Crippen LogP) is 22.5. The number of aliphatic hydroxyl groups excluding tert-OH is 5. The largest absolute Gasteiger partial charge is 0.394 e. The molecule has 0 aromatic carbocycles. The Bertz CT molecular complexity index is 1500. The molecule has 0 radical (unpaired) electrons. The van der Waals surface area contributed by atoms with Crippen molar-refractivity contribution in [3.05, 3.63) is 36.5 Å². The van der Waals surface area contributed by atoms with Gasteiger partial charge < -0.3 is 40.3 Å². The number of carbonyl (C=O) groups excluding carboxylic acids is 1. The highest BCUT2D eigenvalue weighted by molar-refractivity contribution is 5.76. The molecule has 6 N–H and O–H groups in total. The van der Waals surface area contributed by atoms with Crippen molar-refractivity contribution in [1.29, 1.82) is 0 Å². The molecule has 0 aromatic rings. The number of amides is 1. The van der Waals surface area contributed by atoms with Crippen LogP contribution in [-0.4, -0.2) is 87.5 Å². The van der Waals surface area contributed by atoms with E-state index in [-0.39, 0.29) is 12.5 Å². The number of rotatable bonds is 71. The average Bonchev–Trinajstić information content (AvgIpc) is 2.47. The van der Waals surface area contributed by atoms with E-state index in [1.165, 1.54) is 347 Å². The van der Waals surface area contributed by atoms with Gasteiger partial charge in [0.1, 0.15) is 24.4 Å². The average molecular weight is 1260 g/mol. The summed E-state index contributed by atoms with van der Waals surface area (Å²) in [5.41, 5.74) is 0. The first-order valence-corrected chi connectivity index (χ1v) is 39.7. The fraction of sp³-hybridized carbons (Fsp3) is 0.912. The van der Waals surface area contributed by atoms with Crippen LogP contribution in [0.15, 0.2) is 36.5 Å². The van der Waals surface area contributed by atoms with Crippen LogP contribution in [0.5, 0.6) is 0 Å². The molecule has 1 aliphatic rings. The van der Waals surface area contributed by atoms with Crippen molar-refractivity contribution in [1.82, 2.24) is 5.32 Å². The molecular formula is C80H153NO8.